The summed E-state index contributed by atoms with van der Waals surface area (Å²) in [6, 6.07) is 4.78. The molecule has 0 unspecified atom stereocenters. The highest BCUT2D eigenvalue weighted by atomic mass is 32.2. The molecule has 0 spiro atoms. The number of carbonyl (C=O) groups is 1. The summed E-state index contributed by atoms with van der Waals surface area (Å²) in [7, 11) is 0. The van der Waals surface area contributed by atoms with E-state index in [4.69, 9.17) is 0 Å². The molecule has 2 N–H and O–H groups in total. The minimum absolute atomic E-state index is 0.175. The van der Waals surface area contributed by atoms with Crippen molar-refractivity contribution < 1.29 is 18.0 Å². The van der Waals surface area contributed by atoms with E-state index >= 15 is 0 Å². The van der Waals surface area contributed by atoms with Crippen molar-refractivity contribution in [3.8, 4) is 0 Å². The van der Waals surface area contributed by atoms with Crippen LogP contribution in [0.1, 0.15) is 22.4 Å². The molecule has 2 heterocycles. The van der Waals surface area contributed by atoms with Crippen molar-refractivity contribution in [1.82, 2.24) is 9.97 Å². The van der Waals surface area contributed by atoms with Gasteiger partial charge in [0.15, 0.2) is 5.16 Å². The number of H-pyrrole nitrogens is 1. The van der Waals surface area contributed by atoms with Gasteiger partial charge >= 0.3 is 6.18 Å². The summed E-state index contributed by atoms with van der Waals surface area (Å²) in [4.78, 5) is 33.4. The molecule has 0 saturated heterocycles. The summed E-state index contributed by atoms with van der Waals surface area (Å²) >= 11 is 2.46. The highest BCUT2D eigenvalue weighted by molar-refractivity contribution is 7.99. The number of thiophene rings is 1. The number of amides is 1. The number of para-hydroxylation sites is 1. The minimum atomic E-state index is -4.56. The molecule has 1 aliphatic carbocycles. The lowest BCUT2D eigenvalue weighted by Crippen LogP contribution is -2.18. The van der Waals surface area contributed by atoms with E-state index in [1.54, 1.807) is 0 Å². The Morgan fingerprint density at radius 1 is 1.29 bits per heavy atom. The lowest BCUT2D eigenvalue weighted by atomic mass is 10.1. The third-order valence-electron chi connectivity index (χ3n) is 4.40. The molecule has 3 aromatic rings. The van der Waals surface area contributed by atoms with Gasteiger partial charge in [0.1, 0.15) is 4.83 Å². The third kappa shape index (κ3) is 3.66. The number of nitrogens with one attached hydrogen (secondary N) is 2. The summed E-state index contributed by atoms with van der Waals surface area (Å²) in [5, 5.41) is 3.16. The van der Waals surface area contributed by atoms with Crippen LogP contribution in [-0.2, 0) is 23.8 Å². The highest BCUT2D eigenvalue weighted by Crippen LogP contribution is 2.36. The third-order valence-corrected chi connectivity index (χ3v) is 6.46. The fourth-order valence-corrected chi connectivity index (χ4v) is 5.19. The van der Waals surface area contributed by atoms with Crippen LogP contribution in [-0.4, -0.2) is 21.6 Å². The number of thioether (sulfide) groups is 1. The summed E-state index contributed by atoms with van der Waals surface area (Å²) in [5.41, 5.74) is -0.386. The molecule has 146 valence electrons. The van der Waals surface area contributed by atoms with Gasteiger partial charge in [0.05, 0.1) is 22.4 Å². The van der Waals surface area contributed by atoms with Gasteiger partial charge in [-0.3, -0.25) is 9.59 Å². The molecular formula is C18H14F3N3O2S2. The Morgan fingerprint density at radius 2 is 2.07 bits per heavy atom. The molecule has 0 fully saturated rings. The van der Waals surface area contributed by atoms with Crippen LogP contribution in [0.5, 0.6) is 0 Å². The maximum atomic E-state index is 13.0. The van der Waals surface area contributed by atoms with Crippen molar-refractivity contribution in [3.63, 3.8) is 0 Å². The zero-order valence-corrected chi connectivity index (χ0v) is 16.0. The molecule has 0 aliphatic heterocycles. The Kier molecular flexibility index (Phi) is 4.92. The summed E-state index contributed by atoms with van der Waals surface area (Å²) in [6.45, 7) is 0. The number of rotatable bonds is 4. The molecule has 1 aromatic carbocycles. The van der Waals surface area contributed by atoms with Crippen molar-refractivity contribution in [2.75, 3.05) is 11.1 Å². The van der Waals surface area contributed by atoms with E-state index in [9.17, 15) is 22.8 Å². The second-order valence-electron chi connectivity index (χ2n) is 6.29. The molecule has 5 nitrogen and oxygen atoms in total. The number of carbonyl (C=O) groups excluding carboxylic acids is 1. The maximum Gasteiger partial charge on any atom is 0.418 e. The van der Waals surface area contributed by atoms with Gasteiger partial charge in [0.2, 0.25) is 5.91 Å². The van der Waals surface area contributed by atoms with Crippen LogP contribution in [0.4, 0.5) is 18.9 Å². The normalized spacial score (nSPS) is 13.7. The van der Waals surface area contributed by atoms with Crippen molar-refractivity contribution in [3.05, 3.63) is 50.6 Å². The van der Waals surface area contributed by atoms with E-state index in [2.05, 4.69) is 15.3 Å². The Balaban J connectivity index is 1.48. The summed E-state index contributed by atoms with van der Waals surface area (Å²) in [5.74, 6) is -0.788. The Morgan fingerprint density at radius 3 is 2.86 bits per heavy atom. The zero-order valence-electron chi connectivity index (χ0n) is 14.4. The van der Waals surface area contributed by atoms with Gasteiger partial charge in [-0.05, 0) is 37.0 Å². The van der Waals surface area contributed by atoms with Crippen LogP contribution in [0.25, 0.3) is 10.2 Å². The molecule has 4 rings (SSSR count). The first-order valence-corrected chi connectivity index (χ1v) is 10.3. The fourth-order valence-electron chi connectivity index (χ4n) is 3.21. The van der Waals surface area contributed by atoms with Crippen LogP contribution in [0.15, 0.2) is 34.2 Å². The predicted molar refractivity (Wildman–Crippen MR) is 103 cm³/mol. The van der Waals surface area contributed by atoms with Crippen molar-refractivity contribution in [1.29, 1.82) is 0 Å². The number of alkyl halides is 3. The van der Waals surface area contributed by atoms with Crippen molar-refractivity contribution in [2.24, 2.45) is 0 Å². The molecule has 28 heavy (non-hydrogen) atoms. The smallest absolute Gasteiger partial charge is 0.325 e. The first kappa shape index (κ1) is 19.0. The van der Waals surface area contributed by atoms with Gasteiger partial charge in [-0.25, -0.2) is 4.98 Å². The molecule has 0 atom stereocenters. The second kappa shape index (κ2) is 7.25. The molecule has 2 aromatic heterocycles. The van der Waals surface area contributed by atoms with E-state index < -0.39 is 17.6 Å². The number of aromatic nitrogens is 2. The number of hydrogen-bond donors (Lipinski definition) is 2. The largest absolute Gasteiger partial charge is 0.418 e. The van der Waals surface area contributed by atoms with Crippen molar-refractivity contribution in [2.45, 2.75) is 30.6 Å². The number of nitrogens with zero attached hydrogens (tertiary/aromatic N) is 1. The average molecular weight is 425 g/mol. The Hall–Kier alpha value is -2.33. The Labute approximate surface area is 165 Å². The molecular weight excluding hydrogens is 411 g/mol. The number of halogens is 3. The number of aromatic amines is 1. The summed E-state index contributed by atoms with van der Waals surface area (Å²) in [6.07, 6.45) is -1.71. The second-order valence-corrected chi connectivity index (χ2v) is 8.34. The fraction of sp³-hybridized carbons (Fsp3) is 0.278. The molecule has 0 saturated carbocycles. The van der Waals surface area contributed by atoms with Crippen LogP contribution in [0.3, 0.4) is 0 Å². The molecule has 10 heteroatoms. The maximum absolute atomic E-state index is 13.0. The van der Waals surface area contributed by atoms with Gasteiger partial charge in [-0.15, -0.1) is 11.3 Å². The number of anilines is 1. The lowest BCUT2D eigenvalue weighted by Gasteiger charge is -2.13. The SMILES string of the molecule is O=C(CSc1nc2sc3c(c2c(=O)[nH]1)CCC3)Nc1ccccc1C(F)(F)F. The molecule has 1 amide bonds. The minimum Gasteiger partial charge on any atom is -0.325 e. The highest BCUT2D eigenvalue weighted by Gasteiger charge is 2.33. The molecule has 1 aliphatic rings. The van der Waals surface area contributed by atoms with Crippen LogP contribution in [0.2, 0.25) is 0 Å². The summed E-state index contributed by atoms with van der Waals surface area (Å²) < 4.78 is 39.0. The first-order valence-electron chi connectivity index (χ1n) is 8.46. The van der Waals surface area contributed by atoms with E-state index in [-0.39, 0.29) is 22.2 Å². The number of fused-ring (bicyclic) bond motifs is 3. The first-order chi connectivity index (χ1) is 13.3. The predicted octanol–water partition coefficient (Wildman–Crippen LogP) is 4.22. The lowest BCUT2D eigenvalue weighted by molar-refractivity contribution is -0.137. The van der Waals surface area contributed by atoms with Gasteiger partial charge in [-0.1, -0.05) is 23.9 Å². The van der Waals surface area contributed by atoms with E-state index in [1.807, 2.05) is 0 Å². The van der Waals surface area contributed by atoms with E-state index in [1.165, 1.54) is 34.4 Å². The van der Waals surface area contributed by atoms with Gasteiger partial charge in [0.25, 0.3) is 5.56 Å². The van der Waals surface area contributed by atoms with Gasteiger partial charge in [-0.2, -0.15) is 13.2 Å². The number of hydrogen-bond acceptors (Lipinski definition) is 5. The van der Waals surface area contributed by atoms with Gasteiger partial charge < -0.3 is 10.3 Å². The zero-order chi connectivity index (χ0) is 19.9. The van der Waals surface area contributed by atoms with E-state index in [0.717, 1.165) is 42.7 Å². The van der Waals surface area contributed by atoms with Gasteiger partial charge in [0, 0.05) is 4.88 Å². The van der Waals surface area contributed by atoms with E-state index in [0.29, 0.717) is 10.2 Å². The average Bonchev–Trinajstić information content (AvgIpc) is 3.20. The Bertz CT molecular complexity index is 1120. The van der Waals surface area contributed by atoms with Crippen LogP contribution < -0.4 is 10.9 Å². The molecule has 0 bridgehead atoms. The number of benzene rings is 1. The van der Waals surface area contributed by atoms with Crippen molar-refractivity contribution >= 4 is 44.9 Å². The topological polar surface area (TPSA) is 74.8 Å². The molecule has 0 radical (unpaired) electrons. The quantitative estimate of drug-likeness (QED) is 0.485. The standard InChI is InChI=1S/C18H14F3N3O2S2/c19-18(20,21)10-5-1-2-6-11(10)22-13(25)8-27-17-23-15(26)14-9-4-3-7-12(9)28-16(14)24-17/h1-2,5-6H,3-4,7-8H2,(H,22,25)(H,23,24,26). The van der Waals surface area contributed by atoms with Crippen LogP contribution in [0, 0.1) is 0 Å². The number of aryl methyl sites for hydroxylation is 2. The monoisotopic (exact) mass is 425 g/mol. The van der Waals surface area contributed by atoms with Crippen LogP contribution >= 0.6 is 23.1 Å².